The summed E-state index contributed by atoms with van der Waals surface area (Å²) >= 11 is 0. The lowest BCUT2D eigenvalue weighted by molar-refractivity contribution is -0.117. The molecule has 0 aromatic heterocycles. The molecule has 1 aromatic carbocycles. The van der Waals surface area contributed by atoms with Crippen molar-refractivity contribution in [1.29, 1.82) is 0 Å². The van der Waals surface area contributed by atoms with Gasteiger partial charge in [0.25, 0.3) is 0 Å². The second-order valence-corrected chi connectivity index (χ2v) is 6.13. The Labute approximate surface area is 129 Å². The van der Waals surface area contributed by atoms with Crippen LogP contribution in [0.4, 0.5) is 5.69 Å². The predicted molar refractivity (Wildman–Crippen MR) is 90.5 cm³/mol. The minimum atomic E-state index is -0.152. The van der Waals surface area contributed by atoms with Crippen LogP contribution in [-0.4, -0.2) is 18.5 Å². The van der Waals surface area contributed by atoms with E-state index in [1.807, 2.05) is 37.3 Å². The fourth-order valence-corrected chi connectivity index (χ4v) is 2.21. The van der Waals surface area contributed by atoms with Gasteiger partial charge >= 0.3 is 0 Å². The van der Waals surface area contributed by atoms with Gasteiger partial charge in [0.1, 0.15) is 0 Å². The van der Waals surface area contributed by atoms with Gasteiger partial charge in [-0.3, -0.25) is 4.79 Å². The van der Waals surface area contributed by atoms with Crippen LogP contribution >= 0.6 is 0 Å². The molecule has 2 N–H and O–H groups in total. The summed E-state index contributed by atoms with van der Waals surface area (Å²) in [5.41, 5.74) is 0.852. The number of para-hydroxylation sites is 1. The van der Waals surface area contributed by atoms with Gasteiger partial charge in [-0.1, -0.05) is 57.7 Å². The summed E-state index contributed by atoms with van der Waals surface area (Å²) in [6, 6.07) is 9.44. The van der Waals surface area contributed by atoms with E-state index in [0.717, 1.165) is 24.6 Å². The third-order valence-corrected chi connectivity index (χ3v) is 3.59. The molecule has 1 aromatic rings. The molecule has 0 saturated heterocycles. The number of amides is 1. The van der Waals surface area contributed by atoms with Crippen LogP contribution in [0.1, 0.15) is 52.9 Å². The largest absolute Gasteiger partial charge is 0.325 e. The van der Waals surface area contributed by atoms with Gasteiger partial charge in [0.05, 0.1) is 6.04 Å². The highest BCUT2D eigenvalue weighted by Gasteiger charge is 2.11. The van der Waals surface area contributed by atoms with E-state index >= 15 is 0 Å². The molecule has 0 heterocycles. The van der Waals surface area contributed by atoms with Crippen molar-refractivity contribution >= 4 is 11.6 Å². The molecular weight excluding hydrogens is 260 g/mol. The third kappa shape index (κ3) is 8.51. The number of hydrogen-bond acceptors (Lipinski definition) is 2. The molecule has 1 rings (SSSR count). The van der Waals surface area contributed by atoms with Crippen LogP contribution < -0.4 is 10.6 Å². The summed E-state index contributed by atoms with van der Waals surface area (Å²) in [6.45, 7) is 7.37. The fourth-order valence-electron chi connectivity index (χ4n) is 2.21. The molecule has 21 heavy (non-hydrogen) atoms. The summed E-state index contributed by atoms with van der Waals surface area (Å²) in [6.07, 6.45) is 6.32. The van der Waals surface area contributed by atoms with Crippen molar-refractivity contribution in [2.45, 2.75) is 58.9 Å². The van der Waals surface area contributed by atoms with Crippen molar-refractivity contribution in [2.75, 3.05) is 11.9 Å². The number of nitrogens with one attached hydrogen (secondary N) is 2. The number of carbonyl (C=O) groups excluding carboxylic acids is 1. The van der Waals surface area contributed by atoms with Crippen LogP contribution in [0.25, 0.3) is 0 Å². The normalized spacial score (nSPS) is 12.4. The van der Waals surface area contributed by atoms with E-state index in [2.05, 4.69) is 24.5 Å². The van der Waals surface area contributed by atoms with E-state index in [-0.39, 0.29) is 11.9 Å². The molecule has 0 fully saturated rings. The molecule has 1 unspecified atom stereocenters. The summed E-state index contributed by atoms with van der Waals surface area (Å²) in [5, 5.41) is 6.20. The Bertz CT molecular complexity index is 389. The average Bonchev–Trinajstić information content (AvgIpc) is 2.46. The van der Waals surface area contributed by atoms with Crippen molar-refractivity contribution in [3.63, 3.8) is 0 Å². The lowest BCUT2D eigenvalue weighted by Gasteiger charge is -2.14. The summed E-state index contributed by atoms with van der Waals surface area (Å²) in [4.78, 5) is 12.0. The molecule has 0 saturated carbocycles. The van der Waals surface area contributed by atoms with Crippen molar-refractivity contribution < 1.29 is 4.79 Å². The highest BCUT2D eigenvalue weighted by atomic mass is 16.2. The Morgan fingerprint density at radius 1 is 1.00 bits per heavy atom. The minimum absolute atomic E-state index is 0.0287. The van der Waals surface area contributed by atoms with Gasteiger partial charge in [0, 0.05) is 5.69 Å². The molecule has 3 nitrogen and oxygen atoms in total. The van der Waals surface area contributed by atoms with Crippen LogP contribution in [0.2, 0.25) is 0 Å². The van der Waals surface area contributed by atoms with Gasteiger partial charge in [0.15, 0.2) is 0 Å². The predicted octanol–water partition coefficient (Wildman–Crippen LogP) is 4.21. The van der Waals surface area contributed by atoms with Crippen molar-refractivity contribution in [3.05, 3.63) is 30.3 Å². The zero-order chi connectivity index (χ0) is 15.5. The van der Waals surface area contributed by atoms with E-state index in [4.69, 9.17) is 0 Å². The number of benzene rings is 1. The molecule has 0 bridgehead atoms. The van der Waals surface area contributed by atoms with Gasteiger partial charge in [-0.05, 0) is 37.9 Å². The SMILES string of the molecule is CC(C)CCCCCCNC(C)C(=O)Nc1ccccc1. The first-order chi connectivity index (χ1) is 10.1. The standard InChI is InChI=1S/C18H30N2O/c1-15(2)11-7-4-5-10-14-19-16(3)18(21)20-17-12-8-6-9-13-17/h6,8-9,12-13,15-16,19H,4-5,7,10-11,14H2,1-3H3,(H,20,21). The summed E-state index contributed by atoms with van der Waals surface area (Å²) in [7, 11) is 0. The van der Waals surface area contributed by atoms with Crippen LogP contribution in [0.5, 0.6) is 0 Å². The van der Waals surface area contributed by atoms with Crippen LogP contribution in [0, 0.1) is 5.92 Å². The molecule has 1 atom stereocenters. The minimum Gasteiger partial charge on any atom is -0.325 e. The fraction of sp³-hybridized carbons (Fsp3) is 0.611. The van der Waals surface area contributed by atoms with Gasteiger partial charge in [-0.25, -0.2) is 0 Å². The zero-order valence-corrected chi connectivity index (χ0v) is 13.7. The van der Waals surface area contributed by atoms with E-state index in [1.54, 1.807) is 0 Å². The smallest absolute Gasteiger partial charge is 0.241 e. The van der Waals surface area contributed by atoms with Crippen molar-refractivity contribution in [3.8, 4) is 0 Å². The maximum absolute atomic E-state index is 12.0. The Morgan fingerprint density at radius 2 is 1.67 bits per heavy atom. The number of hydrogen-bond donors (Lipinski definition) is 2. The molecule has 0 spiro atoms. The Hall–Kier alpha value is -1.35. The quantitative estimate of drug-likeness (QED) is 0.634. The van der Waals surface area contributed by atoms with E-state index in [0.29, 0.717) is 0 Å². The van der Waals surface area contributed by atoms with Crippen molar-refractivity contribution in [1.82, 2.24) is 5.32 Å². The van der Waals surface area contributed by atoms with E-state index in [1.165, 1.54) is 25.7 Å². The van der Waals surface area contributed by atoms with Crippen LogP contribution in [0.3, 0.4) is 0 Å². The topological polar surface area (TPSA) is 41.1 Å². The summed E-state index contributed by atoms with van der Waals surface area (Å²) < 4.78 is 0. The third-order valence-electron chi connectivity index (χ3n) is 3.59. The highest BCUT2D eigenvalue weighted by Crippen LogP contribution is 2.09. The Balaban J connectivity index is 2.07. The lowest BCUT2D eigenvalue weighted by atomic mass is 10.0. The lowest BCUT2D eigenvalue weighted by Crippen LogP contribution is -2.38. The molecule has 0 aliphatic heterocycles. The monoisotopic (exact) mass is 290 g/mol. The van der Waals surface area contributed by atoms with Gasteiger partial charge < -0.3 is 10.6 Å². The molecule has 0 aliphatic carbocycles. The number of anilines is 1. The Morgan fingerprint density at radius 3 is 2.33 bits per heavy atom. The molecule has 0 aliphatic rings. The average molecular weight is 290 g/mol. The molecule has 3 heteroatoms. The first-order valence-electron chi connectivity index (χ1n) is 8.19. The molecule has 1 amide bonds. The number of unbranched alkanes of at least 4 members (excludes halogenated alkanes) is 3. The van der Waals surface area contributed by atoms with E-state index in [9.17, 15) is 4.79 Å². The molecule has 118 valence electrons. The van der Waals surface area contributed by atoms with Crippen LogP contribution in [0.15, 0.2) is 30.3 Å². The van der Waals surface area contributed by atoms with Gasteiger partial charge in [-0.15, -0.1) is 0 Å². The highest BCUT2D eigenvalue weighted by molar-refractivity contribution is 5.94. The second kappa shape index (κ2) is 10.4. The number of rotatable bonds is 10. The summed E-state index contributed by atoms with van der Waals surface area (Å²) in [5.74, 6) is 0.839. The molecular formula is C18H30N2O. The van der Waals surface area contributed by atoms with Crippen molar-refractivity contribution in [2.24, 2.45) is 5.92 Å². The van der Waals surface area contributed by atoms with Gasteiger partial charge in [0.2, 0.25) is 5.91 Å². The number of carbonyl (C=O) groups is 1. The van der Waals surface area contributed by atoms with E-state index < -0.39 is 0 Å². The first kappa shape index (κ1) is 17.7. The Kier molecular flexibility index (Phi) is 8.76. The second-order valence-electron chi connectivity index (χ2n) is 6.13. The van der Waals surface area contributed by atoms with Gasteiger partial charge in [-0.2, -0.15) is 0 Å². The maximum atomic E-state index is 12.0. The maximum Gasteiger partial charge on any atom is 0.241 e. The first-order valence-corrected chi connectivity index (χ1v) is 8.19. The van der Waals surface area contributed by atoms with Crippen LogP contribution in [-0.2, 0) is 4.79 Å². The molecule has 0 radical (unpaired) electrons. The zero-order valence-electron chi connectivity index (χ0n) is 13.7.